The van der Waals surface area contributed by atoms with Gasteiger partial charge in [-0.1, -0.05) is 25.4 Å². The summed E-state index contributed by atoms with van der Waals surface area (Å²) in [6.07, 6.45) is 4.96. The maximum atomic E-state index is 11.5. The molecule has 0 atom stereocenters. The first-order valence-electron chi connectivity index (χ1n) is 7.10. The lowest BCUT2D eigenvalue weighted by atomic mass is 10.0. The number of aryl methyl sites for hydroxylation is 1. The molecule has 19 heavy (non-hydrogen) atoms. The van der Waals surface area contributed by atoms with Crippen LogP contribution in [0.1, 0.15) is 51.5 Å². The summed E-state index contributed by atoms with van der Waals surface area (Å²) in [4.78, 5) is 11.5. The summed E-state index contributed by atoms with van der Waals surface area (Å²) in [5, 5.41) is 0.721. The van der Waals surface area contributed by atoms with Crippen molar-refractivity contribution in [2.24, 2.45) is 0 Å². The van der Waals surface area contributed by atoms with Gasteiger partial charge in [0.1, 0.15) is 11.5 Å². The topological polar surface area (TPSA) is 26.3 Å². The van der Waals surface area contributed by atoms with E-state index in [1.54, 1.807) is 0 Å². The number of ether oxygens (including phenoxy) is 1. The third-order valence-corrected chi connectivity index (χ3v) is 3.15. The molecule has 3 heteroatoms. The Morgan fingerprint density at radius 3 is 2.68 bits per heavy atom. The lowest BCUT2D eigenvalue weighted by Crippen LogP contribution is -2.01. The third-order valence-electron chi connectivity index (χ3n) is 2.91. The van der Waals surface area contributed by atoms with Gasteiger partial charge in [-0.3, -0.25) is 4.79 Å². The molecule has 0 N–H and O–H groups in total. The summed E-state index contributed by atoms with van der Waals surface area (Å²) in [5.74, 6) is 1.25. The molecule has 2 nitrogen and oxygen atoms in total. The molecule has 0 saturated heterocycles. The van der Waals surface area contributed by atoms with Crippen molar-refractivity contribution in [3.05, 3.63) is 28.8 Å². The van der Waals surface area contributed by atoms with Crippen molar-refractivity contribution in [2.75, 3.05) is 6.61 Å². The summed E-state index contributed by atoms with van der Waals surface area (Å²) in [6, 6.07) is 5.70. The van der Waals surface area contributed by atoms with Crippen molar-refractivity contribution in [3.63, 3.8) is 0 Å². The highest BCUT2D eigenvalue weighted by molar-refractivity contribution is 6.30. The molecule has 1 rings (SSSR count). The van der Waals surface area contributed by atoms with Crippen molar-refractivity contribution in [1.29, 1.82) is 0 Å². The molecule has 0 amide bonds. The molecular formula is C16H23ClO2. The van der Waals surface area contributed by atoms with E-state index < -0.39 is 0 Å². The molecule has 0 saturated carbocycles. The van der Waals surface area contributed by atoms with E-state index in [1.165, 1.54) is 0 Å². The standard InChI is InChI=1S/C16H23ClO2/c1-3-6-15(18)8-5-7-13-12-14(17)9-10-16(13)19-11-4-2/h9-10,12H,3-8,11H2,1-2H3. The van der Waals surface area contributed by atoms with Crippen LogP contribution in [-0.4, -0.2) is 12.4 Å². The maximum absolute atomic E-state index is 11.5. The van der Waals surface area contributed by atoms with Crippen LogP contribution in [0.4, 0.5) is 0 Å². The lowest BCUT2D eigenvalue weighted by Gasteiger charge is -2.11. The molecule has 106 valence electrons. The van der Waals surface area contributed by atoms with E-state index in [9.17, 15) is 4.79 Å². The Balaban J connectivity index is 2.55. The summed E-state index contributed by atoms with van der Waals surface area (Å²) < 4.78 is 5.70. The largest absolute Gasteiger partial charge is 0.493 e. The highest BCUT2D eigenvalue weighted by Crippen LogP contribution is 2.25. The summed E-state index contributed by atoms with van der Waals surface area (Å²) in [6.45, 7) is 4.83. The Labute approximate surface area is 121 Å². The van der Waals surface area contributed by atoms with Crippen LogP contribution in [-0.2, 0) is 11.2 Å². The molecule has 0 aliphatic carbocycles. The van der Waals surface area contributed by atoms with E-state index in [0.717, 1.165) is 42.0 Å². The number of rotatable bonds is 9. The van der Waals surface area contributed by atoms with Crippen molar-refractivity contribution in [3.8, 4) is 5.75 Å². The van der Waals surface area contributed by atoms with Gasteiger partial charge >= 0.3 is 0 Å². The SMILES string of the molecule is CCCOc1ccc(Cl)cc1CCCC(=O)CCC. The molecule has 0 fully saturated rings. The Bertz CT molecular complexity index is 402. The van der Waals surface area contributed by atoms with E-state index in [1.807, 2.05) is 25.1 Å². The fourth-order valence-corrected chi connectivity index (χ4v) is 2.17. The fraction of sp³-hybridized carbons (Fsp3) is 0.562. The zero-order valence-electron chi connectivity index (χ0n) is 11.9. The van der Waals surface area contributed by atoms with Gasteiger partial charge in [-0.15, -0.1) is 0 Å². The minimum Gasteiger partial charge on any atom is -0.493 e. The van der Waals surface area contributed by atoms with Crippen molar-refractivity contribution >= 4 is 17.4 Å². The highest BCUT2D eigenvalue weighted by Gasteiger charge is 2.06. The van der Waals surface area contributed by atoms with Crippen molar-refractivity contribution < 1.29 is 9.53 Å². The molecule has 0 spiro atoms. The second-order valence-corrected chi connectivity index (χ2v) is 5.18. The summed E-state index contributed by atoms with van der Waals surface area (Å²) in [7, 11) is 0. The van der Waals surface area contributed by atoms with Crippen LogP contribution in [0.25, 0.3) is 0 Å². The molecule has 0 unspecified atom stereocenters. The maximum Gasteiger partial charge on any atom is 0.132 e. The molecular weight excluding hydrogens is 260 g/mol. The van der Waals surface area contributed by atoms with E-state index in [4.69, 9.17) is 16.3 Å². The Hall–Kier alpha value is -1.02. The Kier molecular flexibility index (Phi) is 7.57. The lowest BCUT2D eigenvalue weighted by molar-refractivity contribution is -0.119. The minimum atomic E-state index is 0.348. The molecule has 0 radical (unpaired) electrons. The van der Waals surface area contributed by atoms with Crippen LogP contribution < -0.4 is 4.74 Å². The van der Waals surface area contributed by atoms with E-state index in [-0.39, 0.29) is 0 Å². The van der Waals surface area contributed by atoms with Crippen molar-refractivity contribution in [1.82, 2.24) is 0 Å². The number of ketones is 1. The number of hydrogen-bond donors (Lipinski definition) is 0. The first-order chi connectivity index (χ1) is 9.17. The van der Waals surface area contributed by atoms with Crippen LogP contribution in [0.3, 0.4) is 0 Å². The zero-order valence-corrected chi connectivity index (χ0v) is 12.6. The monoisotopic (exact) mass is 282 g/mol. The molecule has 0 aliphatic heterocycles. The smallest absolute Gasteiger partial charge is 0.132 e. The van der Waals surface area contributed by atoms with Crippen LogP contribution in [0.2, 0.25) is 5.02 Å². The summed E-state index contributed by atoms with van der Waals surface area (Å²) >= 11 is 6.02. The van der Waals surface area contributed by atoms with Gasteiger partial charge in [0.25, 0.3) is 0 Å². The van der Waals surface area contributed by atoms with Crippen LogP contribution in [0.5, 0.6) is 5.75 Å². The fourth-order valence-electron chi connectivity index (χ4n) is 1.98. The van der Waals surface area contributed by atoms with E-state index in [2.05, 4.69) is 6.92 Å². The molecule has 0 aliphatic rings. The number of halogens is 1. The van der Waals surface area contributed by atoms with Gasteiger partial charge in [0.15, 0.2) is 0 Å². The quantitative estimate of drug-likeness (QED) is 0.649. The number of Topliss-reactive ketones (excluding diaryl/α,β-unsaturated/α-hetero) is 1. The Morgan fingerprint density at radius 1 is 1.21 bits per heavy atom. The first-order valence-corrected chi connectivity index (χ1v) is 7.48. The average molecular weight is 283 g/mol. The van der Waals surface area contributed by atoms with E-state index >= 15 is 0 Å². The van der Waals surface area contributed by atoms with Crippen LogP contribution >= 0.6 is 11.6 Å². The highest BCUT2D eigenvalue weighted by atomic mass is 35.5. The second-order valence-electron chi connectivity index (χ2n) is 4.74. The van der Waals surface area contributed by atoms with Crippen molar-refractivity contribution in [2.45, 2.75) is 52.4 Å². The number of hydrogen-bond acceptors (Lipinski definition) is 2. The molecule has 0 heterocycles. The van der Waals surface area contributed by atoms with Gasteiger partial charge in [-0.25, -0.2) is 0 Å². The van der Waals surface area contributed by atoms with Crippen LogP contribution in [0.15, 0.2) is 18.2 Å². The van der Waals surface area contributed by atoms with Gasteiger partial charge in [-0.2, -0.15) is 0 Å². The van der Waals surface area contributed by atoms with Gasteiger partial charge in [0.05, 0.1) is 6.61 Å². The molecule has 0 aromatic heterocycles. The number of carbonyl (C=O) groups excluding carboxylic acids is 1. The zero-order chi connectivity index (χ0) is 14.1. The third kappa shape index (κ3) is 6.11. The van der Waals surface area contributed by atoms with Gasteiger partial charge < -0.3 is 4.74 Å². The number of benzene rings is 1. The predicted molar refractivity (Wildman–Crippen MR) is 80.1 cm³/mol. The molecule has 0 bridgehead atoms. The normalized spacial score (nSPS) is 10.5. The van der Waals surface area contributed by atoms with Gasteiger partial charge in [-0.05, 0) is 49.4 Å². The van der Waals surface area contributed by atoms with Gasteiger partial charge in [0.2, 0.25) is 0 Å². The molecule has 1 aromatic rings. The first kappa shape index (κ1) is 16.0. The second kappa shape index (κ2) is 8.98. The van der Waals surface area contributed by atoms with Gasteiger partial charge in [0, 0.05) is 17.9 Å². The average Bonchev–Trinajstić information content (AvgIpc) is 2.38. The van der Waals surface area contributed by atoms with E-state index in [0.29, 0.717) is 25.2 Å². The minimum absolute atomic E-state index is 0.348. The Morgan fingerprint density at radius 2 is 2.00 bits per heavy atom. The van der Waals surface area contributed by atoms with Crippen LogP contribution in [0, 0.1) is 0 Å². The summed E-state index contributed by atoms with van der Waals surface area (Å²) in [5.41, 5.74) is 1.10. The predicted octanol–water partition coefficient (Wildman–Crippen LogP) is 4.82. The molecule has 1 aromatic carbocycles. The number of carbonyl (C=O) groups is 1.